The summed E-state index contributed by atoms with van der Waals surface area (Å²) >= 11 is 0. The van der Waals surface area contributed by atoms with Crippen LogP contribution >= 0.6 is 24.0 Å². The predicted molar refractivity (Wildman–Crippen MR) is 106 cm³/mol. The van der Waals surface area contributed by atoms with Crippen molar-refractivity contribution in [2.45, 2.75) is 19.9 Å². The lowest BCUT2D eigenvalue weighted by Crippen LogP contribution is -2.38. The van der Waals surface area contributed by atoms with Crippen LogP contribution in [0.15, 0.2) is 29.4 Å². The molecular weight excluding hydrogens is 405 g/mol. The fraction of sp³-hybridized carbons (Fsp3) is 0.625. The van der Waals surface area contributed by atoms with Crippen molar-refractivity contribution in [2.75, 3.05) is 46.9 Å². The van der Waals surface area contributed by atoms with Crippen LogP contribution in [0.1, 0.15) is 19.0 Å². The molecule has 6 nitrogen and oxygen atoms in total. The third-order valence-electron chi connectivity index (χ3n) is 3.16. The average Bonchev–Trinajstić information content (AvgIpc) is 2.55. The Bertz CT molecular complexity index is 416. The first-order chi connectivity index (χ1) is 10.8. The molecule has 132 valence electrons. The summed E-state index contributed by atoms with van der Waals surface area (Å²) < 4.78 is 5.07. The molecule has 23 heavy (non-hydrogen) atoms. The second-order valence-electron chi connectivity index (χ2n) is 5.09. The van der Waals surface area contributed by atoms with Crippen molar-refractivity contribution in [1.29, 1.82) is 0 Å². The van der Waals surface area contributed by atoms with E-state index in [0.717, 1.165) is 50.9 Å². The Hall–Kier alpha value is -0.930. The molecule has 0 aliphatic rings. The maximum absolute atomic E-state index is 5.07. The molecule has 0 saturated carbocycles. The smallest absolute Gasteiger partial charge is 0.191 e. The van der Waals surface area contributed by atoms with Crippen LogP contribution < -0.4 is 10.6 Å². The molecule has 0 amide bonds. The minimum Gasteiger partial charge on any atom is -0.383 e. The number of nitrogens with zero attached hydrogens (tertiary/aromatic N) is 3. The molecule has 1 heterocycles. The zero-order valence-electron chi connectivity index (χ0n) is 14.4. The number of nitrogens with one attached hydrogen (secondary N) is 2. The van der Waals surface area contributed by atoms with Crippen molar-refractivity contribution in [3.63, 3.8) is 0 Å². The lowest BCUT2D eigenvalue weighted by molar-refractivity contribution is 0.161. The number of aliphatic imine (C=N–C) groups is 1. The number of guanidine groups is 1. The van der Waals surface area contributed by atoms with Gasteiger partial charge in [-0.15, -0.1) is 24.0 Å². The fourth-order valence-electron chi connectivity index (χ4n) is 1.91. The number of pyridine rings is 1. The number of aromatic nitrogens is 1. The van der Waals surface area contributed by atoms with Crippen LogP contribution in [0.2, 0.25) is 0 Å². The van der Waals surface area contributed by atoms with Gasteiger partial charge in [-0.1, -0.05) is 6.07 Å². The van der Waals surface area contributed by atoms with Crippen LogP contribution in [0.4, 0.5) is 0 Å². The Balaban J connectivity index is 0.00000484. The van der Waals surface area contributed by atoms with Gasteiger partial charge in [-0.3, -0.25) is 4.98 Å². The number of halogens is 1. The highest BCUT2D eigenvalue weighted by molar-refractivity contribution is 14.0. The van der Waals surface area contributed by atoms with Crippen molar-refractivity contribution < 1.29 is 4.74 Å². The van der Waals surface area contributed by atoms with Crippen molar-refractivity contribution in [3.05, 3.63) is 30.1 Å². The first-order valence-corrected chi connectivity index (χ1v) is 7.85. The van der Waals surface area contributed by atoms with Crippen LogP contribution in [0.25, 0.3) is 0 Å². The van der Waals surface area contributed by atoms with Crippen LogP contribution in [0, 0.1) is 0 Å². The van der Waals surface area contributed by atoms with Crippen LogP contribution in [-0.2, 0) is 11.3 Å². The summed E-state index contributed by atoms with van der Waals surface area (Å²) in [5.74, 6) is 0.840. The fourth-order valence-corrected chi connectivity index (χ4v) is 1.91. The molecular formula is C16H30IN5O. The van der Waals surface area contributed by atoms with E-state index in [-0.39, 0.29) is 24.0 Å². The molecule has 1 aromatic rings. The Kier molecular flexibility index (Phi) is 14.1. The van der Waals surface area contributed by atoms with Gasteiger partial charge >= 0.3 is 0 Å². The summed E-state index contributed by atoms with van der Waals surface area (Å²) in [6.07, 6.45) is 2.86. The largest absolute Gasteiger partial charge is 0.383 e. The molecule has 0 aliphatic carbocycles. The number of likely N-dealkylation sites (N-methyl/N-ethyl adjacent to an activating group) is 1. The molecule has 0 aliphatic heterocycles. The third kappa shape index (κ3) is 11.3. The monoisotopic (exact) mass is 435 g/mol. The molecule has 0 bridgehead atoms. The summed E-state index contributed by atoms with van der Waals surface area (Å²) in [6.45, 7) is 7.17. The number of ether oxygens (including phenoxy) is 1. The van der Waals surface area contributed by atoms with Gasteiger partial charge in [-0.2, -0.15) is 0 Å². The van der Waals surface area contributed by atoms with Gasteiger partial charge in [0.05, 0.1) is 18.8 Å². The highest BCUT2D eigenvalue weighted by atomic mass is 127. The topological polar surface area (TPSA) is 61.8 Å². The van der Waals surface area contributed by atoms with Gasteiger partial charge in [0.25, 0.3) is 0 Å². The van der Waals surface area contributed by atoms with Gasteiger partial charge < -0.3 is 20.3 Å². The quantitative estimate of drug-likeness (QED) is 0.254. The molecule has 2 N–H and O–H groups in total. The number of methoxy groups -OCH3 is 1. The zero-order chi connectivity index (χ0) is 16.0. The minimum absolute atomic E-state index is 0. The maximum atomic E-state index is 5.07. The van der Waals surface area contributed by atoms with E-state index >= 15 is 0 Å². The molecule has 0 atom stereocenters. The average molecular weight is 435 g/mol. The van der Waals surface area contributed by atoms with E-state index in [2.05, 4.69) is 39.5 Å². The summed E-state index contributed by atoms with van der Waals surface area (Å²) in [6, 6.07) is 5.88. The third-order valence-corrected chi connectivity index (χ3v) is 3.16. The Labute approximate surface area is 157 Å². The molecule has 1 rings (SSSR count). The summed E-state index contributed by atoms with van der Waals surface area (Å²) in [5.41, 5.74) is 0.971. The Morgan fingerprint density at radius 1 is 1.30 bits per heavy atom. The summed E-state index contributed by atoms with van der Waals surface area (Å²) in [4.78, 5) is 11.1. The molecule has 0 fully saturated rings. The van der Waals surface area contributed by atoms with E-state index < -0.39 is 0 Å². The van der Waals surface area contributed by atoms with Crippen LogP contribution in [0.5, 0.6) is 0 Å². The van der Waals surface area contributed by atoms with E-state index in [9.17, 15) is 0 Å². The van der Waals surface area contributed by atoms with E-state index in [4.69, 9.17) is 4.74 Å². The van der Waals surface area contributed by atoms with Crippen molar-refractivity contribution in [1.82, 2.24) is 20.5 Å². The van der Waals surface area contributed by atoms with Crippen molar-refractivity contribution in [2.24, 2.45) is 4.99 Å². The Morgan fingerprint density at radius 3 is 2.78 bits per heavy atom. The van der Waals surface area contributed by atoms with E-state index in [1.54, 1.807) is 13.3 Å². The highest BCUT2D eigenvalue weighted by Gasteiger charge is 2.00. The molecule has 1 aromatic heterocycles. The van der Waals surface area contributed by atoms with E-state index in [1.165, 1.54) is 0 Å². The maximum Gasteiger partial charge on any atom is 0.191 e. The molecule has 0 radical (unpaired) electrons. The number of hydrogen-bond donors (Lipinski definition) is 2. The number of rotatable bonds is 10. The van der Waals surface area contributed by atoms with Crippen LogP contribution in [0.3, 0.4) is 0 Å². The summed E-state index contributed by atoms with van der Waals surface area (Å²) in [5, 5.41) is 6.61. The highest BCUT2D eigenvalue weighted by Crippen LogP contribution is 1.95. The molecule has 0 unspecified atom stereocenters. The lowest BCUT2D eigenvalue weighted by atomic mass is 10.3. The minimum atomic E-state index is 0. The molecule has 0 aromatic carbocycles. The van der Waals surface area contributed by atoms with E-state index in [1.807, 2.05) is 18.2 Å². The lowest BCUT2D eigenvalue weighted by Gasteiger charge is -2.16. The van der Waals surface area contributed by atoms with Gasteiger partial charge in [0.15, 0.2) is 5.96 Å². The number of hydrogen-bond acceptors (Lipinski definition) is 4. The Morgan fingerprint density at radius 2 is 2.13 bits per heavy atom. The second-order valence-corrected chi connectivity index (χ2v) is 5.09. The van der Waals surface area contributed by atoms with Gasteiger partial charge in [0.1, 0.15) is 0 Å². The van der Waals surface area contributed by atoms with Crippen molar-refractivity contribution >= 4 is 29.9 Å². The van der Waals surface area contributed by atoms with Gasteiger partial charge in [-0.25, -0.2) is 4.99 Å². The molecule has 0 saturated heterocycles. The first-order valence-electron chi connectivity index (χ1n) is 7.85. The van der Waals surface area contributed by atoms with Gasteiger partial charge in [0, 0.05) is 32.9 Å². The molecule has 0 spiro atoms. The molecule has 7 heteroatoms. The SMILES string of the molecule is CCNC(=NCc1ccccn1)NCCCN(C)CCOC.I. The van der Waals surface area contributed by atoms with Crippen LogP contribution in [-0.4, -0.2) is 62.8 Å². The second kappa shape index (κ2) is 14.6. The van der Waals surface area contributed by atoms with Crippen molar-refractivity contribution in [3.8, 4) is 0 Å². The normalized spacial score (nSPS) is 11.2. The predicted octanol–water partition coefficient (Wildman–Crippen LogP) is 1.72. The van der Waals surface area contributed by atoms with E-state index in [0.29, 0.717) is 6.54 Å². The zero-order valence-corrected chi connectivity index (χ0v) is 16.7. The van der Waals surface area contributed by atoms with Gasteiger partial charge in [-0.05, 0) is 39.1 Å². The standard InChI is InChI=1S/C16H29N5O.HI/c1-4-17-16(20-14-15-8-5-6-9-18-15)19-10-7-11-21(2)12-13-22-3;/h5-6,8-9H,4,7,10-14H2,1-3H3,(H2,17,19,20);1H. The van der Waals surface area contributed by atoms with Gasteiger partial charge in [0.2, 0.25) is 0 Å². The first kappa shape index (κ1) is 22.1. The summed E-state index contributed by atoms with van der Waals surface area (Å²) in [7, 11) is 3.84.